The standard InChI is InChI=1S/C24H18ClFN2O2/c1-15-11-12-18(13-19(15)25)27-22-21(16-7-3-2-4-8-16)23(29)28(24(22)30)14-17-9-5-6-10-20(17)26/h2-13,27H,14H2,1H3. The molecule has 30 heavy (non-hydrogen) atoms. The van der Waals surface area contributed by atoms with Gasteiger partial charge in [-0.1, -0.05) is 66.2 Å². The monoisotopic (exact) mass is 420 g/mol. The number of halogens is 2. The Balaban J connectivity index is 1.75. The van der Waals surface area contributed by atoms with Gasteiger partial charge in [-0.25, -0.2) is 4.39 Å². The van der Waals surface area contributed by atoms with Crippen LogP contribution in [0.3, 0.4) is 0 Å². The first-order valence-electron chi connectivity index (χ1n) is 9.38. The maximum absolute atomic E-state index is 14.2. The van der Waals surface area contributed by atoms with Gasteiger partial charge >= 0.3 is 0 Å². The topological polar surface area (TPSA) is 49.4 Å². The van der Waals surface area contributed by atoms with Crippen molar-refractivity contribution in [3.63, 3.8) is 0 Å². The van der Waals surface area contributed by atoms with Crippen LogP contribution in [0.25, 0.3) is 5.57 Å². The molecule has 6 heteroatoms. The lowest BCUT2D eigenvalue weighted by Gasteiger charge is -2.16. The zero-order valence-corrected chi connectivity index (χ0v) is 16.9. The number of rotatable bonds is 5. The van der Waals surface area contributed by atoms with Gasteiger partial charge in [0.15, 0.2) is 0 Å². The molecule has 0 aromatic heterocycles. The summed E-state index contributed by atoms with van der Waals surface area (Å²) in [5.41, 5.74) is 2.74. The largest absolute Gasteiger partial charge is 0.350 e. The summed E-state index contributed by atoms with van der Waals surface area (Å²) in [6.45, 7) is 1.72. The maximum Gasteiger partial charge on any atom is 0.278 e. The molecule has 0 saturated heterocycles. The van der Waals surface area contributed by atoms with E-state index >= 15 is 0 Å². The SMILES string of the molecule is Cc1ccc(NC2=C(c3ccccc3)C(=O)N(Cc3ccccc3F)C2=O)cc1Cl. The first kappa shape index (κ1) is 19.9. The van der Waals surface area contributed by atoms with Crippen molar-refractivity contribution in [2.75, 3.05) is 5.32 Å². The fourth-order valence-corrected chi connectivity index (χ4v) is 3.50. The summed E-state index contributed by atoms with van der Waals surface area (Å²) in [5.74, 6) is -1.46. The number of benzene rings is 3. The van der Waals surface area contributed by atoms with E-state index in [0.717, 1.165) is 10.5 Å². The summed E-state index contributed by atoms with van der Waals surface area (Å²) in [7, 11) is 0. The van der Waals surface area contributed by atoms with Crippen molar-refractivity contribution < 1.29 is 14.0 Å². The number of aryl methyl sites for hydroxylation is 1. The molecule has 4 nitrogen and oxygen atoms in total. The molecule has 0 atom stereocenters. The van der Waals surface area contributed by atoms with Crippen LogP contribution in [0.4, 0.5) is 10.1 Å². The van der Waals surface area contributed by atoms with Gasteiger partial charge in [-0.2, -0.15) is 0 Å². The fraction of sp³-hybridized carbons (Fsp3) is 0.0833. The summed E-state index contributed by atoms with van der Waals surface area (Å²) in [6, 6.07) is 20.3. The number of anilines is 1. The highest BCUT2D eigenvalue weighted by Gasteiger charge is 2.39. The molecule has 0 aliphatic carbocycles. The number of nitrogens with zero attached hydrogens (tertiary/aromatic N) is 1. The van der Waals surface area contributed by atoms with E-state index in [1.807, 2.05) is 19.1 Å². The molecule has 1 aliphatic rings. The van der Waals surface area contributed by atoms with Crippen LogP contribution in [0, 0.1) is 12.7 Å². The second-order valence-electron chi connectivity index (χ2n) is 6.99. The van der Waals surface area contributed by atoms with Crippen molar-refractivity contribution in [1.82, 2.24) is 4.90 Å². The first-order valence-corrected chi connectivity index (χ1v) is 9.76. The molecule has 4 rings (SSSR count). The van der Waals surface area contributed by atoms with Crippen LogP contribution in [0.2, 0.25) is 5.02 Å². The molecule has 1 N–H and O–H groups in total. The molecule has 0 spiro atoms. The molecular weight excluding hydrogens is 403 g/mol. The lowest BCUT2D eigenvalue weighted by molar-refractivity contribution is -0.137. The van der Waals surface area contributed by atoms with E-state index in [1.165, 1.54) is 6.07 Å². The molecule has 0 unspecified atom stereocenters. The minimum Gasteiger partial charge on any atom is -0.350 e. The van der Waals surface area contributed by atoms with Crippen molar-refractivity contribution in [1.29, 1.82) is 0 Å². The second-order valence-corrected chi connectivity index (χ2v) is 7.40. The van der Waals surface area contributed by atoms with Gasteiger partial charge < -0.3 is 5.32 Å². The average Bonchev–Trinajstić information content (AvgIpc) is 2.97. The number of nitrogens with one attached hydrogen (secondary N) is 1. The summed E-state index contributed by atoms with van der Waals surface area (Å²) in [4.78, 5) is 27.5. The zero-order valence-electron chi connectivity index (χ0n) is 16.2. The van der Waals surface area contributed by atoms with Crippen molar-refractivity contribution in [3.8, 4) is 0 Å². The van der Waals surface area contributed by atoms with Crippen LogP contribution in [0.1, 0.15) is 16.7 Å². The Kier molecular flexibility index (Phi) is 5.38. The number of carbonyl (C=O) groups excluding carboxylic acids is 2. The number of carbonyl (C=O) groups is 2. The van der Waals surface area contributed by atoms with E-state index in [2.05, 4.69) is 5.32 Å². The first-order chi connectivity index (χ1) is 14.5. The predicted molar refractivity (Wildman–Crippen MR) is 115 cm³/mol. The summed E-state index contributed by atoms with van der Waals surface area (Å²) >= 11 is 6.21. The molecule has 0 saturated carbocycles. The van der Waals surface area contributed by atoms with Crippen LogP contribution >= 0.6 is 11.6 Å². The maximum atomic E-state index is 14.2. The van der Waals surface area contributed by atoms with Gasteiger partial charge in [-0.05, 0) is 36.2 Å². The third-order valence-corrected chi connectivity index (χ3v) is 5.37. The molecule has 0 fully saturated rings. The molecule has 0 radical (unpaired) electrons. The van der Waals surface area contributed by atoms with Crippen LogP contribution in [-0.2, 0) is 16.1 Å². The summed E-state index contributed by atoms with van der Waals surface area (Å²) in [6.07, 6.45) is 0. The second kappa shape index (κ2) is 8.13. The van der Waals surface area contributed by atoms with Gasteiger partial charge in [0.1, 0.15) is 11.5 Å². The molecule has 150 valence electrons. The number of amides is 2. The van der Waals surface area contributed by atoms with Crippen molar-refractivity contribution in [2.45, 2.75) is 13.5 Å². The third kappa shape index (κ3) is 3.72. The Hall–Kier alpha value is -3.44. The van der Waals surface area contributed by atoms with Gasteiger partial charge in [-0.15, -0.1) is 0 Å². The van der Waals surface area contributed by atoms with Crippen LogP contribution in [0.15, 0.2) is 78.5 Å². The van der Waals surface area contributed by atoms with Gasteiger partial charge in [0.25, 0.3) is 11.8 Å². The molecule has 0 bridgehead atoms. The van der Waals surface area contributed by atoms with E-state index < -0.39 is 17.6 Å². The Morgan fingerprint density at radius 2 is 1.63 bits per heavy atom. The molecule has 3 aromatic rings. The highest BCUT2D eigenvalue weighted by molar-refractivity contribution is 6.36. The normalized spacial score (nSPS) is 13.9. The molecule has 1 heterocycles. The van der Waals surface area contributed by atoms with Crippen molar-refractivity contribution in [2.24, 2.45) is 0 Å². The lowest BCUT2D eigenvalue weighted by Crippen LogP contribution is -2.32. The Morgan fingerprint density at radius 3 is 2.33 bits per heavy atom. The summed E-state index contributed by atoms with van der Waals surface area (Å²) < 4.78 is 14.2. The van der Waals surface area contributed by atoms with E-state index in [9.17, 15) is 14.0 Å². The quantitative estimate of drug-likeness (QED) is 0.578. The Labute approximate surface area is 178 Å². The minimum atomic E-state index is -0.515. The Bertz CT molecular complexity index is 1170. The van der Waals surface area contributed by atoms with Gasteiger partial charge in [0, 0.05) is 16.3 Å². The lowest BCUT2D eigenvalue weighted by atomic mass is 10.0. The number of hydrogen-bond donors (Lipinski definition) is 1. The Morgan fingerprint density at radius 1 is 0.933 bits per heavy atom. The van der Waals surface area contributed by atoms with Crippen molar-refractivity contribution >= 4 is 34.7 Å². The molecule has 3 aromatic carbocycles. The van der Waals surface area contributed by atoms with E-state index in [4.69, 9.17) is 11.6 Å². The van der Waals surface area contributed by atoms with Crippen LogP contribution < -0.4 is 5.32 Å². The van der Waals surface area contributed by atoms with Gasteiger partial charge in [-0.3, -0.25) is 14.5 Å². The van der Waals surface area contributed by atoms with E-state index in [-0.39, 0.29) is 23.4 Å². The highest BCUT2D eigenvalue weighted by Crippen LogP contribution is 2.32. The molecule has 1 aliphatic heterocycles. The fourth-order valence-electron chi connectivity index (χ4n) is 3.32. The molecule has 2 amide bonds. The minimum absolute atomic E-state index is 0.141. The molecular formula is C24H18ClFN2O2. The number of imide groups is 1. The van der Waals surface area contributed by atoms with Crippen LogP contribution in [0.5, 0.6) is 0 Å². The summed E-state index contributed by atoms with van der Waals surface area (Å²) in [5, 5.41) is 3.60. The number of hydrogen-bond acceptors (Lipinski definition) is 3. The van der Waals surface area contributed by atoms with Crippen molar-refractivity contribution in [3.05, 3.63) is 106 Å². The van der Waals surface area contributed by atoms with E-state index in [0.29, 0.717) is 16.3 Å². The predicted octanol–water partition coefficient (Wildman–Crippen LogP) is 5.18. The zero-order chi connectivity index (χ0) is 21.3. The van der Waals surface area contributed by atoms with E-state index in [1.54, 1.807) is 54.6 Å². The highest BCUT2D eigenvalue weighted by atomic mass is 35.5. The smallest absolute Gasteiger partial charge is 0.278 e. The third-order valence-electron chi connectivity index (χ3n) is 4.96. The van der Waals surface area contributed by atoms with Gasteiger partial charge in [0.05, 0.1) is 12.1 Å². The average molecular weight is 421 g/mol. The van der Waals surface area contributed by atoms with Crippen LogP contribution in [-0.4, -0.2) is 16.7 Å². The van der Waals surface area contributed by atoms with Gasteiger partial charge in [0.2, 0.25) is 0 Å².